The molecule has 6 nitrogen and oxygen atoms in total. The molecule has 0 aromatic heterocycles. The van der Waals surface area contributed by atoms with Crippen molar-refractivity contribution in [2.45, 2.75) is 63.3 Å². The van der Waals surface area contributed by atoms with E-state index in [9.17, 15) is 19.8 Å². The minimum atomic E-state index is -0.794. The summed E-state index contributed by atoms with van der Waals surface area (Å²) in [5.74, 6) is -1.51. The molecule has 4 aliphatic carbocycles. The molecule has 0 heterocycles. The summed E-state index contributed by atoms with van der Waals surface area (Å²) in [6.07, 6.45) is 7.49. The van der Waals surface area contributed by atoms with Gasteiger partial charge >= 0.3 is 11.9 Å². The van der Waals surface area contributed by atoms with Gasteiger partial charge in [0.15, 0.2) is 0 Å². The lowest BCUT2D eigenvalue weighted by molar-refractivity contribution is -0.169. The summed E-state index contributed by atoms with van der Waals surface area (Å²) < 4.78 is 0. The Morgan fingerprint density at radius 1 is 0.864 bits per heavy atom. The van der Waals surface area contributed by atoms with Crippen molar-refractivity contribution in [1.29, 1.82) is 0 Å². The average Bonchev–Trinajstić information content (AvgIpc) is 3.25. The molecule has 4 fully saturated rings. The zero-order valence-electron chi connectivity index (χ0n) is 12.7. The Kier molecular flexibility index (Phi) is 2.63. The van der Waals surface area contributed by atoms with Crippen LogP contribution in [0.3, 0.4) is 0 Å². The van der Waals surface area contributed by atoms with E-state index in [1.165, 1.54) is 0 Å². The highest BCUT2D eigenvalue weighted by molar-refractivity contribution is 5.81. The molecule has 4 rings (SSSR count). The number of hydrogen-bond acceptors (Lipinski definition) is 4. The van der Waals surface area contributed by atoms with Crippen LogP contribution in [0, 0.1) is 16.2 Å². The molecular weight excluding hydrogens is 284 g/mol. The molecule has 6 heteroatoms. The minimum Gasteiger partial charge on any atom is -0.481 e. The molecular formula is C16H22N2O4. The Balaban J connectivity index is 1.54. The van der Waals surface area contributed by atoms with Crippen molar-refractivity contribution in [3.05, 3.63) is 0 Å². The Morgan fingerprint density at radius 2 is 1.50 bits per heavy atom. The molecule has 1 atom stereocenters. The topological polar surface area (TPSA) is 99.3 Å². The van der Waals surface area contributed by atoms with Crippen molar-refractivity contribution >= 4 is 11.9 Å². The van der Waals surface area contributed by atoms with E-state index >= 15 is 0 Å². The van der Waals surface area contributed by atoms with E-state index in [4.69, 9.17) is 0 Å². The number of hydrogen-bond donors (Lipinski definition) is 2. The van der Waals surface area contributed by atoms with Gasteiger partial charge in [-0.2, -0.15) is 10.2 Å². The molecule has 0 bridgehead atoms. The van der Waals surface area contributed by atoms with Gasteiger partial charge in [0.2, 0.25) is 0 Å². The lowest BCUT2D eigenvalue weighted by atomic mass is 9.52. The van der Waals surface area contributed by atoms with Crippen LogP contribution in [-0.4, -0.2) is 34.2 Å². The van der Waals surface area contributed by atoms with Gasteiger partial charge in [-0.3, -0.25) is 9.59 Å². The van der Waals surface area contributed by atoms with Crippen LogP contribution < -0.4 is 0 Å². The van der Waals surface area contributed by atoms with Crippen molar-refractivity contribution in [3.8, 4) is 0 Å². The van der Waals surface area contributed by atoms with Crippen LogP contribution in [0.1, 0.15) is 57.8 Å². The summed E-state index contributed by atoms with van der Waals surface area (Å²) in [5, 5.41) is 27.8. The quantitative estimate of drug-likeness (QED) is 0.737. The Labute approximate surface area is 129 Å². The van der Waals surface area contributed by atoms with Gasteiger partial charge < -0.3 is 10.2 Å². The molecule has 22 heavy (non-hydrogen) atoms. The Bertz CT molecular complexity index is 573. The molecule has 0 aromatic carbocycles. The van der Waals surface area contributed by atoms with E-state index in [1.807, 2.05) is 0 Å². The third-order valence-corrected chi connectivity index (χ3v) is 7.02. The van der Waals surface area contributed by atoms with Crippen LogP contribution >= 0.6 is 0 Å². The fraction of sp³-hybridized carbons (Fsp3) is 0.875. The van der Waals surface area contributed by atoms with E-state index < -0.39 is 28.3 Å². The third-order valence-electron chi connectivity index (χ3n) is 7.02. The highest BCUT2D eigenvalue weighted by Crippen LogP contribution is 2.79. The average molecular weight is 306 g/mol. The SMILES string of the molecule is O=C(O)C1(CN=NC2(C3(C(=O)O)CCC34CC4)CC2)CCC1. The maximum absolute atomic E-state index is 12.0. The van der Waals surface area contributed by atoms with Crippen LogP contribution in [0.5, 0.6) is 0 Å². The van der Waals surface area contributed by atoms with Crippen molar-refractivity contribution in [3.63, 3.8) is 0 Å². The number of carboxylic acid groups (broad SMARTS) is 2. The molecule has 2 N–H and O–H groups in total. The first-order valence-corrected chi connectivity index (χ1v) is 8.28. The molecule has 4 saturated carbocycles. The van der Waals surface area contributed by atoms with E-state index in [-0.39, 0.29) is 12.0 Å². The fourth-order valence-electron chi connectivity index (χ4n) is 4.90. The zero-order chi connectivity index (χ0) is 15.6. The van der Waals surface area contributed by atoms with E-state index in [2.05, 4.69) is 10.2 Å². The normalized spacial score (nSPS) is 35.6. The van der Waals surface area contributed by atoms with Gasteiger partial charge in [-0.25, -0.2) is 0 Å². The molecule has 0 aliphatic heterocycles. The van der Waals surface area contributed by atoms with E-state index in [0.29, 0.717) is 19.3 Å². The maximum atomic E-state index is 12.0. The van der Waals surface area contributed by atoms with Gasteiger partial charge in [0, 0.05) is 0 Å². The van der Waals surface area contributed by atoms with Crippen LogP contribution in [0.25, 0.3) is 0 Å². The standard InChI is InChI=1S/C16H22N2O4/c19-11(20)13(2-1-3-13)10-17-18-15(7-8-15)16(12(21)22)9-6-14(16)4-5-14/h1-10H2,(H,19,20)(H,21,22). The lowest BCUT2D eigenvalue weighted by Gasteiger charge is -2.51. The monoisotopic (exact) mass is 306 g/mol. The van der Waals surface area contributed by atoms with Crippen molar-refractivity contribution in [1.82, 2.24) is 0 Å². The molecule has 1 spiro atoms. The summed E-state index contributed by atoms with van der Waals surface area (Å²) in [6.45, 7) is 0.201. The number of nitrogens with zero attached hydrogens (tertiary/aromatic N) is 2. The van der Waals surface area contributed by atoms with Gasteiger partial charge in [0.1, 0.15) is 5.41 Å². The van der Waals surface area contributed by atoms with Crippen molar-refractivity contribution in [2.75, 3.05) is 6.54 Å². The number of rotatable bonds is 6. The molecule has 120 valence electrons. The second kappa shape index (κ2) is 4.09. The summed E-state index contributed by atoms with van der Waals surface area (Å²) >= 11 is 0. The third kappa shape index (κ3) is 1.51. The molecule has 0 aromatic rings. The molecule has 1 unspecified atom stereocenters. The minimum absolute atomic E-state index is 0.0324. The van der Waals surface area contributed by atoms with Gasteiger partial charge in [0.05, 0.1) is 17.5 Å². The fourth-order valence-corrected chi connectivity index (χ4v) is 4.90. The highest BCUT2D eigenvalue weighted by atomic mass is 16.4. The Hall–Kier alpha value is -1.46. The second-order valence-electron chi connectivity index (χ2n) is 7.86. The maximum Gasteiger partial charge on any atom is 0.312 e. The summed E-state index contributed by atoms with van der Waals surface area (Å²) in [5.41, 5.74) is -2.04. The highest BCUT2D eigenvalue weighted by Gasteiger charge is 2.80. The predicted molar refractivity (Wildman–Crippen MR) is 76.6 cm³/mol. The smallest absolute Gasteiger partial charge is 0.312 e. The van der Waals surface area contributed by atoms with E-state index in [0.717, 1.165) is 38.5 Å². The van der Waals surface area contributed by atoms with Crippen LogP contribution in [-0.2, 0) is 9.59 Å². The summed E-state index contributed by atoms with van der Waals surface area (Å²) in [6, 6.07) is 0. The molecule has 0 amide bonds. The number of azo groups is 1. The first kappa shape index (κ1) is 14.2. The number of carbonyl (C=O) groups is 2. The molecule has 0 radical (unpaired) electrons. The van der Waals surface area contributed by atoms with Gasteiger partial charge in [-0.05, 0) is 56.8 Å². The van der Waals surface area contributed by atoms with E-state index in [1.54, 1.807) is 0 Å². The van der Waals surface area contributed by atoms with Crippen LogP contribution in [0.2, 0.25) is 0 Å². The van der Waals surface area contributed by atoms with Crippen LogP contribution in [0.15, 0.2) is 10.2 Å². The first-order chi connectivity index (χ1) is 10.4. The predicted octanol–water partition coefficient (Wildman–Crippen LogP) is 2.87. The number of aliphatic carboxylic acids is 2. The molecule has 4 aliphatic rings. The second-order valence-corrected chi connectivity index (χ2v) is 7.86. The summed E-state index contributed by atoms with van der Waals surface area (Å²) in [7, 11) is 0. The Morgan fingerprint density at radius 3 is 1.82 bits per heavy atom. The van der Waals surface area contributed by atoms with Crippen molar-refractivity contribution < 1.29 is 19.8 Å². The van der Waals surface area contributed by atoms with Crippen molar-refractivity contribution in [2.24, 2.45) is 26.5 Å². The zero-order valence-corrected chi connectivity index (χ0v) is 12.7. The summed E-state index contributed by atoms with van der Waals surface area (Å²) in [4.78, 5) is 23.4. The lowest BCUT2D eigenvalue weighted by Crippen LogP contribution is -2.57. The number of carboxylic acids is 2. The van der Waals surface area contributed by atoms with Gasteiger partial charge in [-0.15, -0.1) is 0 Å². The van der Waals surface area contributed by atoms with Crippen LogP contribution in [0.4, 0.5) is 0 Å². The first-order valence-electron chi connectivity index (χ1n) is 8.28. The molecule has 0 saturated heterocycles. The van der Waals surface area contributed by atoms with Gasteiger partial charge in [-0.1, -0.05) is 6.42 Å². The largest absolute Gasteiger partial charge is 0.481 e. The van der Waals surface area contributed by atoms with Gasteiger partial charge in [0.25, 0.3) is 0 Å².